The van der Waals surface area contributed by atoms with Crippen LogP contribution in [0.25, 0.3) is 0 Å². The van der Waals surface area contributed by atoms with E-state index in [1.807, 2.05) is 18.5 Å². The predicted octanol–water partition coefficient (Wildman–Crippen LogP) is -0.152. The highest BCUT2D eigenvalue weighted by Crippen LogP contribution is 1.97. The number of aromatic nitrogens is 1. The zero-order valence-electron chi connectivity index (χ0n) is 7.53. The number of nitrogens with one attached hydrogen (secondary N) is 2. The molecule has 0 radical (unpaired) electrons. The Labute approximate surface area is 77.6 Å². The summed E-state index contributed by atoms with van der Waals surface area (Å²) in [4.78, 5) is 2.95. The number of aliphatic hydroxyl groups excluding tert-OH is 2. The summed E-state index contributed by atoms with van der Waals surface area (Å²) < 4.78 is 0. The van der Waals surface area contributed by atoms with Crippen molar-refractivity contribution >= 4 is 0 Å². The van der Waals surface area contributed by atoms with Crippen LogP contribution in [-0.2, 0) is 6.54 Å². The third-order valence-corrected chi connectivity index (χ3v) is 1.96. The topological polar surface area (TPSA) is 68.3 Å². The zero-order valence-corrected chi connectivity index (χ0v) is 7.53. The van der Waals surface area contributed by atoms with Crippen molar-refractivity contribution in [2.45, 2.75) is 19.0 Å². The van der Waals surface area contributed by atoms with Gasteiger partial charge >= 0.3 is 0 Å². The van der Waals surface area contributed by atoms with Crippen LogP contribution in [0.15, 0.2) is 18.5 Å². The number of aromatic amines is 1. The van der Waals surface area contributed by atoms with E-state index < -0.39 is 0 Å². The molecule has 0 spiro atoms. The standard InChI is InChI=1S/C9H16N2O2/c12-4-2-9(7-13)11-6-8-1-3-10-5-8/h1,3,5,9-13H,2,4,6-7H2. The maximum Gasteiger partial charge on any atom is 0.0585 e. The van der Waals surface area contributed by atoms with Gasteiger partial charge in [-0.3, -0.25) is 0 Å². The molecule has 1 unspecified atom stereocenters. The average Bonchev–Trinajstić information content (AvgIpc) is 2.64. The van der Waals surface area contributed by atoms with Crippen molar-refractivity contribution in [1.82, 2.24) is 10.3 Å². The van der Waals surface area contributed by atoms with Gasteiger partial charge in [0.05, 0.1) is 6.61 Å². The van der Waals surface area contributed by atoms with E-state index in [4.69, 9.17) is 10.2 Å². The van der Waals surface area contributed by atoms with Crippen LogP contribution in [0.3, 0.4) is 0 Å². The van der Waals surface area contributed by atoms with E-state index in [2.05, 4.69) is 10.3 Å². The van der Waals surface area contributed by atoms with E-state index in [9.17, 15) is 0 Å². The number of H-pyrrole nitrogens is 1. The highest BCUT2D eigenvalue weighted by atomic mass is 16.3. The number of hydrogen-bond donors (Lipinski definition) is 4. The summed E-state index contributed by atoms with van der Waals surface area (Å²) in [5.74, 6) is 0. The molecular formula is C9H16N2O2. The maximum absolute atomic E-state index is 8.90. The maximum atomic E-state index is 8.90. The Morgan fingerprint density at radius 1 is 1.46 bits per heavy atom. The Morgan fingerprint density at radius 2 is 2.31 bits per heavy atom. The Bertz CT molecular complexity index is 211. The molecule has 1 heterocycles. The third-order valence-electron chi connectivity index (χ3n) is 1.96. The lowest BCUT2D eigenvalue weighted by Gasteiger charge is -2.13. The van der Waals surface area contributed by atoms with E-state index in [-0.39, 0.29) is 19.3 Å². The monoisotopic (exact) mass is 184 g/mol. The second-order valence-electron chi connectivity index (χ2n) is 2.99. The molecule has 4 heteroatoms. The fourth-order valence-corrected chi connectivity index (χ4v) is 1.14. The molecule has 13 heavy (non-hydrogen) atoms. The molecule has 0 amide bonds. The van der Waals surface area contributed by atoms with Crippen molar-refractivity contribution in [3.05, 3.63) is 24.0 Å². The lowest BCUT2D eigenvalue weighted by Crippen LogP contribution is -2.32. The summed E-state index contributed by atoms with van der Waals surface area (Å²) in [7, 11) is 0. The molecule has 1 atom stereocenters. The largest absolute Gasteiger partial charge is 0.396 e. The molecule has 4 nitrogen and oxygen atoms in total. The van der Waals surface area contributed by atoms with Gasteiger partial charge in [0.2, 0.25) is 0 Å². The molecule has 0 saturated heterocycles. The van der Waals surface area contributed by atoms with Crippen LogP contribution in [0.4, 0.5) is 0 Å². The Balaban J connectivity index is 2.23. The molecule has 0 aliphatic carbocycles. The van der Waals surface area contributed by atoms with Gasteiger partial charge in [-0.15, -0.1) is 0 Å². The minimum atomic E-state index is -0.0140. The van der Waals surface area contributed by atoms with Gasteiger partial charge in [0.25, 0.3) is 0 Å². The first-order chi connectivity index (χ1) is 6.36. The molecular weight excluding hydrogens is 168 g/mol. The summed E-state index contributed by atoms with van der Waals surface area (Å²) in [5, 5.41) is 20.7. The van der Waals surface area contributed by atoms with Crippen LogP contribution in [0.2, 0.25) is 0 Å². The van der Waals surface area contributed by atoms with Gasteiger partial charge in [-0.25, -0.2) is 0 Å². The van der Waals surface area contributed by atoms with E-state index in [0.717, 1.165) is 5.56 Å². The van der Waals surface area contributed by atoms with Crippen molar-refractivity contribution < 1.29 is 10.2 Å². The van der Waals surface area contributed by atoms with Crippen molar-refractivity contribution in [3.63, 3.8) is 0 Å². The fourth-order valence-electron chi connectivity index (χ4n) is 1.14. The number of hydrogen-bond acceptors (Lipinski definition) is 3. The summed E-state index contributed by atoms with van der Waals surface area (Å²) in [6.07, 6.45) is 4.35. The van der Waals surface area contributed by atoms with Crippen molar-refractivity contribution in [1.29, 1.82) is 0 Å². The van der Waals surface area contributed by atoms with E-state index in [1.165, 1.54) is 0 Å². The smallest absolute Gasteiger partial charge is 0.0585 e. The van der Waals surface area contributed by atoms with E-state index >= 15 is 0 Å². The third kappa shape index (κ3) is 3.59. The molecule has 1 rings (SSSR count). The minimum absolute atomic E-state index is 0.0140. The fraction of sp³-hybridized carbons (Fsp3) is 0.556. The predicted molar refractivity (Wildman–Crippen MR) is 50.2 cm³/mol. The molecule has 1 aromatic rings. The Morgan fingerprint density at radius 3 is 2.85 bits per heavy atom. The second kappa shape index (κ2) is 5.75. The van der Waals surface area contributed by atoms with Crippen molar-refractivity contribution in [2.75, 3.05) is 13.2 Å². The SMILES string of the molecule is OCCC(CO)NCc1cc[nH]c1. The molecule has 0 bridgehead atoms. The number of aliphatic hydroxyl groups is 2. The first-order valence-electron chi connectivity index (χ1n) is 4.43. The highest BCUT2D eigenvalue weighted by molar-refractivity contribution is 5.07. The van der Waals surface area contributed by atoms with Crippen molar-refractivity contribution in [3.8, 4) is 0 Å². The molecule has 0 aliphatic heterocycles. The quantitative estimate of drug-likeness (QED) is 0.497. The molecule has 4 N–H and O–H groups in total. The number of rotatable bonds is 6. The van der Waals surface area contributed by atoms with Gasteiger partial charge in [0.1, 0.15) is 0 Å². The normalized spacial score (nSPS) is 13.1. The molecule has 0 fully saturated rings. The molecule has 74 valence electrons. The van der Waals surface area contributed by atoms with Gasteiger partial charge in [-0.1, -0.05) is 0 Å². The minimum Gasteiger partial charge on any atom is -0.396 e. The summed E-state index contributed by atoms with van der Waals surface area (Å²) in [6.45, 7) is 0.880. The summed E-state index contributed by atoms with van der Waals surface area (Å²) in [5.41, 5.74) is 1.15. The first-order valence-corrected chi connectivity index (χ1v) is 4.43. The first kappa shape index (κ1) is 10.2. The summed E-state index contributed by atoms with van der Waals surface area (Å²) >= 11 is 0. The van der Waals surface area contributed by atoms with Gasteiger partial charge < -0.3 is 20.5 Å². The van der Waals surface area contributed by atoms with Crippen LogP contribution in [-0.4, -0.2) is 34.5 Å². The second-order valence-corrected chi connectivity index (χ2v) is 2.99. The highest BCUT2D eigenvalue weighted by Gasteiger charge is 2.05. The zero-order chi connectivity index (χ0) is 9.52. The Hall–Kier alpha value is -0.840. The van der Waals surface area contributed by atoms with Gasteiger partial charge in [-0.05, 0) is 18.1 Å². The Kier molecular flexibility index (Phi) is 4.53. The van der Waals surface area contributed by atoms with Gasteiger partial charge in [0.15, 0.2) is 0 Å². The van der Waals surface area contributed by atoms with Crippen LogP contribution in [0.5, 0.6) is 0 Å². The molecule has 1 aromatic heterocycles. The molecule has 0 saturated carbocycles. The van der Waals surface area contributed by atoms with Crippen LogP contribution in [0, 0.1) is 0 Å². The van der Waals surface area contributed by atoms with Gasteiger partial charge in [-0.2, -0.15) is 0 Å². The summed E-state index contributed by atoms with van der Waals surface area (Å²) in [6, 6.07) is 1.96. The van der Waals surface area contributed by atoms with E-state index in [1.54, 1.807) is 0 Å². The van der Waals surface area contributed by atoms with E-state index in [0.29, 0.717) is 13.0 Å². The van der Waals surface area contributed by atoms with Crippen LogP contribution in [0.1, 0.15) is 12.0 Å². The van der Waals surface area contributed by atoms with Gasteiger partial charge in [0, 0.05) is 31.6 Å². The molecule has 0 aromatic carbocycles. The van der Waals surface area contributed by atoms with Crippen LogP contribution >= 0.6 is 0 Å². The lowest BCUT2D eigenvalue weighted by atomic mass is 10.2. The lowest BCUT2D eigenvalue weighted by molar-refractivity contribution is 0.200. The van der Waals surface area contributed by atoms with Crippen LogP contribution < -0.4 is 5.32 Å². The van der Waals surface area contributed by atoms with Crippen molar-refractivity contribution in [2.24, 2.45) is 0 Å². The molecule has 0 aliphatic rings. The average molecular weight is 184 g/mol.